The van der Waals surface area contributed by atoms with Crippen molar-refractivity contribution in [1.29, 1.82) is 0 Å². The molecule has 1 atom stereocenters. The van der Waals surface area contributed by atoms with Gasteiger partial charge in [-0.1, -0.05) is 40.2 Å². The van der Waals surface area contributed by atoms with E-state index in [1.807, 2.05) is 18.2 Å². The number of nitrogens with one attached hydrogen (secondary N) is 1. The fourth-order valence-corrected chi connectivity index (χ4v) is 4.09. The zero-order valence-electron chi connectivity index (χ0n) is 16.6. The summed E-state index contributed by atoms with van der Waals surface area (Å²) >= 11 is 3.58. The van der Waals surface area contributed by atoms with E-state index in [2.05, 4.69) is 66.3 Å². The summed E-state index contributed by atoms with van der Waals surface area (Å²) < 4.78 is 1.07. The van der Waals surface area contributed by atoms with E-state index in [1.165, 1.54) is 5.56 Å². The predicted molar refractivity (Wildman–Crippen MR) is 127 cm³/mol. The van der Waals surface area contributed by atoms with Crippen molar-refractivity contribution in [3.8, 4) is 0 Å². The highest BCUT2D eigenvalue weighted by molar-refractivity contribution is 9.10. The van der Waals surface area contributed by atoms with Gasteiger partial charge in [-0.15, -0.1) is 22.6 Å². The maximum Gasteiger partial charge on any atom is 0.188 e. The third-order valence-electron chi connectivity index (χ3n) is 5.41. The molecule has 2 N–H and O–H groups in total. The third-order valence-corrected chi connectivity index (χ3v) is 6.27. The lowest BCUT2D eigenvalue weighted by molar-refractivity contribution is 0.238. The molecule has 0 spiro atoms. The first-order chi connectivity index (χ1) is 14.1. The lowest BCUT2D eigenvalue weighted by Gasteiger charge is -2.20. The van der Waals surface area contributed by atoms with Crippen LogP contribution in [0.15, 0.2) is 40.9 Å². The van der Waals surface area contributed by atoms with Gasteiger partial charge in [0.25, 0.3) is 0 Å². The standard InChI is InChI=1S/C22H22BrN5O.ClH/c1-14-3-4-15(9-20(14)23)11-25-21-19-10-17(24-2)5-6-18(19)22(27-26-21)28-8-7-16(12-28)13-29;/h3-6,9-10,16,29H,7-8,11-13H2,1H3,(H,25,26);1H. The number of rotatable bonds is 5. The van der Waals surface area contributed by atoms with Crippen molar-refractivity contribution in [2.45, 2.75) is 19.9 Å². The van der Waals surface area contributed by atoms with Crippen LogP contribution in [0, 0.1) is 19.4 Å². The Labute approximate surface area is 190 Å². The monoisotopic (exact) mass is 487 g/mol. The first-order valence-electron chi connectivity index (χ1n) is 9.61. The summed E-state index contributed by atoms with van der Waals surface area (Å²) in [4.78, 5) is 5.75. The molecule has 1 aliphatic heterocycles. The van der Waals surface area contributed by atoms with Crippen LogP contribution in [-0.4, -0.2) is 35.0 Å². The van der Waals surface area contributed by atoms with Crippen LogP contribution in [0.2, 0.25) is 0 Å². The van der Waals surface area contributed by atoms with E-state index in [0.717, 1.165) is 46.1 Å². The average molecular weight is 489 g/mol. The summed E-state index contributed by atoms with van der Waals surface area (Å²) in [6.07, 6.45) is 0.947. The van der Waals surface area contributed by atoms with Crippen molar-refractivity contribution in [2.24, 2.45) is 5.92 Å². The van der Waals surface area contributed by atoms with E-state index >= 15 is 0 Å². The summed E-state index contributed by atoms with van der Waals surface area (Å²) in [6, 6.07) is 11.9. The first kappa shape index (κ1) is 22.3. The van der Waals surface area contributed by atoms with Crippen LogP contribution >= 0.6 is 28.3 Å². The normalized spacial score (nSPS) is 15.7. The highest BCUT2D eigenvalue weighted by Crippen LogP contribution is 2.34. The Morgan fingerprint density at radius 1 is 1.23 bits per heavy atom. The van der Waals surface area contributed by atoms with Gasteiger partial charge in [-0.3, -0.25) is 0 Å². The molecule has 6 nitrogen and oxygen atoms in total. The number of aryl methyl sites for hydroxylation is 1. The minimum Gasteiger partial charge on any atom is -0.396 e. The number of hydrogen-bond acceptors (Lipinski definition) is 5. The number of halogens is 2. The van der Waals surface area contributed by atoms with Gasteiger partial charge in [0.1, 0.15) is 0 Å². The van der Waals surface area contributed by atoms with Crippen LogP contribution in [0.25, 0.3) is 15.6 Å². The predicted octanol–water partition coefficient (Wildman–Crippen LogP) is 5.10. The lowest BCUT2D eigenvalue weighted by atomic mass is 10.1. The molecule has 30 heavy (non-hydrogen) atoms. The lowest BCUT2D eigenvalue weighted by Crippen LogP contribution is -2.22. The van der Waals surface area contributed by atoms with E-state index in [9.17, 15) is 5.11 Å². The summed E-state index contributed by atoms with van der Waals surface area (Å²) in [6.45, 7) is 11.9. The number of fused-ring (bicyclic) bond motifs is 1. The van der Waals surface area contributed by atoms with Gasteiger partial charge in [0.05, 0.1) is 6.57 Å². The molecule has 2 aromatic carbocycles. The Hall–Kier alpha value is -2.40. The minimum absolute atomic E-state index is 0. The van der Waals surface area contributed by atoms with Crippen LogP contribution in [0.1, 0.15) is 17.5 Å². The quantitative estimate of drug-likeness (QED) is 0.489. The van der Waals surface area contributed by atoms with Crippen molar-refractivity contribution < 1.29 is 5.11 Å². The van der Waals surface area contributed by atoms with Gasteiger partial charge >= 0.3 is 0 Å². The van der Waals surface area contributed by atoms with E-state index in [-0.39, 0.29) is 24.9 Å². The number of nitrogens with zero attached hydrogens (tertiary/aromatic N) is 4. The molecule has 1 aromatic heterocycles. The van der Waals surface area contributed by atoms with Crippen LogP contribution in [-0.2, 0) is 6.54 Å². The number of anilines is 2. The summed E-state index contributed by atoms with van der Waals surface area (Å²) in [5.74, 6) is 1.76. The Bertz CT molecular complexity index is 1100. The summed E-state index contributed by atoms with van der Waals surface area (Å²) in [5.41, 5.74) is 2.90. The van der Waals surface area contributed by atoms with Crippen LogP contribution in [0.4, 0.5) is 17.3 Å². The Balaban J connectivity index is 0.00000256. The van der Waals surface area contributed by atoms with E-state index in [4.69, 9.17) is 6.57 Å². The largest absolute Gasteiger partial charge is 0.396 e. The topological polar surface area (TPSA) is 65.6 Å². The van der Waals surface area contributed by atoms with Gasteiger partial charge in [0.2, 0.25) is 0 Å². The smallest absolute Gasteiger partial charge is 0.188 e. The molecule has 0 aliphatic carbocycles. The molecule has 1 saturated heterocycles. The number of aliphatic hydroxyl groups excluding tert-OH is 1. The molecule has 1 fully saturated rings. The summed E-state index contributed by atoms with van der Waals surface area (Å²) in [7, 11) is 0. The van der Waals surface area contributed by atoms with Crippen LogP contribution in [0.3, 0.4) is 0 Å². The van der Waals surface area contributed by atoms with Crippen molar-refractivity contribution in [2.75, 3.05) is 29.9 Å². The number of aliphatic hydroxyl groups is 1. The second-order valence-electron chi connectivity index (χ2n) is 7.43. The number of aromatic nitrogens is 2. The fourth-order valence-electron chi connectivity index (χ4n) is 3.67. The highest BCUT2D eigenvalue weighted by Gasteiger charge is 2.25. The molecule has 0 bridgehead atoms. The van der Waals surface area contributed by atoms with E-state index < -0.39 is 0 Å². The van der Waals surface area contributed by atoms with E-state index in [0.29, 0.717) is 18.1 Å². The molecule has 1 aliphatic rings. The van der Waals surface area contributed by atoms with Gasteiger partial charge in [-0.2, -0.15) is 0 Å². The maximum atomic E-state index is 9.46. The van der Waals surface area contributed by atoms with Crippen LogP contribution in [0.5, 0.6) is 0 Å². The molecular weight excluding hydrogens is 466 g/mol. The van der Waals surface area contributed by atoms with Gasteiger partial charge in [0.15, 0.2) is 17.3 Å². The second kappa shape index (κ2) is 9.61. The Morgan fingerprint density at radius 2 is 2.07 bits per heavy atom. The fraction of sp³-hybridized carbons (Fsp3) is 0.318. The van der Waals surface area contributed by atoms with Gasteiger partial charge in [-0.05, 0) is 36.6 Å². The van der Waals surface area contributed by atoms with Crippen molar-refractivity contribution in [1.82, 2.24) is 10.2 Å². The Kier molecular flexibility index (Phi) is 7.14. The van der Waals surface area contributed by atoms with Gasteiger partial charge in [-0.25, -0.2) is 4.85 Å². The molecule has 0 amide bonds. The van der Waals surface area contributed by atoms with Crippen molar-refractivity contribution >= 4 is 56.4 Å². The molecule has 8 heteroatoms. The van der Waals surface area contributed by atoms with Gasteiger partial charge in [0, 0.05) is 47.4 Å². The third kappa shape index (κ3) is 4.51. The molecule has 2 heterocycles. The zero-order valence-corrected chi connectivity index (χ0v) is 19.0. The van der Waals surface area contributed by atoms with Gasteiger partial charge < -0.3 is 15.3 Å². The first-order valence-corrected chi connectivity index (χ1v) is 10.4. The minimum atomic E-state index is 0. The zero-order chi connectivity index (χ0) is 20.4. The van der Waals surface area contributed by atoms with Crippen molar-refractivity contribution in [3.63, 3.8) is 0 Å². The Morgan fingerprint density at radius 3 is 2.77 bits per heavy atom. The molecule has 3 aromatic rings. The average Bonchev–Trinajstić information content (AvgIpc) is 3.23. The molecular formula is C22H23BrClN5O. The molecule has 156 valence electrons. The summed E-state index contributed by atoms with van der Waals surface area (Å²) in [5, 5.41) is 23.7. The highest BCUT2D eigenvalue weighted by atomic mass is 79.9. The number of benzene rings is 2. The van der Waals surface area contributed by atoms with E-state index in [1.54, 1.807) is 0 Å². The molecule has 4 rings (SSSR count). The molecule has 0 saturated carbocycles. The SMILES string of the molecule is Cl.[C-]#[N+]c1ccc2c(N3CCC(CO)C3)nnc(NCc3ccc(C)c(Br)c3)c2c1. The maximum absolute atomic E-state index is 9.46. The van der Waals surface area contributed by atoms with Crippen LogP contribution < -0.4 is 10.2 Å². The molecule has 0 radical (unpaired) electrons. The van der Waals surface area contributed by atoms with Crippen molar-refractivity contribution in [3.05, 3.63) is 63.4 Å². The second-order valence-corrected chi connectivity index (χ2v) is 8.29. The molecule has 1 unspecified atom stereocenters. The number of hydrogen-bond donors (Lipinski definition) is 2.